The van der Waals surface area contributed by atoms with Gasteiger partial charge >= 0.3 is 0 Å². The van der Waals surface area contributed by atoms with Crippen molar-refractivity contribution in [3.05, 3.63) is 0 Å². The Hall–Kier alpha value is -1.05. The van der Waals surface area contributed by atoms with Gasteiger partial charge in [-0.05, 0) is 6.42 Å². The molecule has 1 amide bonds. The van der Waals surface area contributed by atoms with Crippen LogP contribution >= 0.6 is 0 Å². The van der Waals surface area contributed by atoms with Crippen molar-refractivity contribution in [2.24, 2.45) is 5.73 Å². The minimum Gasteiger partial charge on any atom is -0.370 e. The third kappa shape index (κ3) is 6.46. The van der Waals surface area contributed by atoms with E-state index in [1.165, 1.54) is 0 Å². The molecule has 0 aliphatic heterocycles. The average Bonchev–Trinajstić information content (AvgIpc) is 2.17. The average molecular weight is 198 g/mol. The summed E-state index contributed by atoms with van der Waals surface area (Å²) in [5, 5.41) is 2.69. The predicted molar refractivity (Wildman–Crippen MR) is 55.5 cm³/mol. The van der Waals surface area contributed by atoms with Crippen LogP contribution in [0.2, 0.25) is 0 Å². The van der Waals surface area contributed by atoms with E-state index in [-0.39, 0.29) is 18.6 Å². The van der Waals surface area contributed by atoms with E-state index >= 15 is 0 Å². The van der Waals surface area contributed by atoms with Gasteiger partial charge in [0, 0.05) is 6.54 Å². The fourth-order valence-corrected chi connectivity index (χ4v) is 0.970. The molecule has 0 aromatic heterocycles. The molecule has 3 N–H and O–H groups in total. The van der Waals surface area contributed by atoms with Crippen LogP contribution in [0.25, 0.3) is 0 Å². The van der Waals surface area contributed by atoms with Crippen molar-refractivity contribution in [2.75, 3.05) is 19.8 Å². The van der Waals surface area contributed by atoms with E-state index in [4.69, 9.17) is 16.9 Å². The molecule has 0 bridgehead atoms. The van der Waals surface area contributed by atoms with E-state index in [2.05, 4.69) is 11.2 Å². The summed E-state index contributed by atoms with van der Waals surface area (Å²) in [5.74, 6) is 2.33. The van der Waals surface area contributed by atoms with E-state index in [1.54, 1.807) is 0 Å². The lowest BCUT2D eigenvalue weighted by Crippen LogP contribution is -2.36. The number of terminal acetylenes is 1. The summed E-state index contributed by atoms with van der Waals surface area (Å²) in [6, 6.07) is -0.186. The number of hydrogen-bond donors (Lipinski definition) is 2. The van der Waals surface area contributed by atoms with E-state index in [0.717, 1.165) is 12.8 Å². The highest BCUT2D eigenvalue weighted by Gasteiger charge is 2.07. The number of ether oxygens (including phenoxy) is 1. The Balaban J connectivity index is 3.63. The smallest absolute Gasteiger partial charge is 0.246 e. The van der Waals surface area contributed by atoms with Crippen LogP contribution in [0.5, 0.6) is 0 Å². The molecule has 1 unspecified atom stereocenters. The monoisotopic (exact) mass is 198 g/mol. The SMILES string of the molecule is C#CC(CCC)NC(=O)COCCN. The molecule has 4 nitrogen and oxygen atoms in total. The zero-order valence-electron chi connectivity index (χ0n) is 8.58. The lowest BCUT2D eigenvalue weighted by Gasteiger charge is -2.11. The second-order valence-electron chi connectivity index (χ2n) is 2.92. The molecule has 0 aliphatic carbocycles. The number of nitrogens with two attached hydrogens (primary N) is 1. The lowest BCUT2D eigenvalue weighted by molar-refractivity contribution is -0.126. The number of carbonyl (C=O) groups is 1. The maximum Gasteiger partial charge on any atom is 0.246 e. The normalized spacial score (nSPS) is 11.8. The molecule has 0 fully saturated rings. The van der Waals surface area contributed by atoms with E-state index in [9.17, 15) is 4.79 Å². The van der Waals surface area contributed by atoms with Crippen LogP contribution in [0.3, 0.4) is 0 Å². The van der Waals surface area contributed by atoms with Crippen molar-refractivity contribution >= 4 is 5.91 Å². The quantitative estimate of drug-likeness (QED) is 0.443. The maximum atomic E-state index is 11.2. The molecule has 0 spiro atoms. The summed E-state index contributed by atoms with van der Waals surface area (Å²) in [5.41, 5.74) is 5.20. The number of carbonyl (C=O) groups excluding carboxylic acids is 1. The van der Waals surface area contributed by atoms with Gasteiger partial charge in [0.2, 0.25) is 5.91 Å². The molecule has 0 radical (unpaired) electrons. The lowest BCUT2D eigenvalue weighted by atomic mass is 10.2. The summed E-state index contributed by atoms with van der Waals surface area (Å²) >= 11 is 0. The first-order chi connectivity index (χ1) is 6.74. The van der Waals surface area contributed by atoms with Gasteiger partial charge < -0.3 is 15.8 Å². The zero-order valence-corrected chi connectivity index (χ0v) is 8.58. The topological polar surface area (TPSA) is 64.3 Å². The zero-order chi connectivity index (χ0) is 10.8. The highest BCUT2D eigenvalue weighted by molar-refractivity contribution is 5.77. The van der Waals surface area contributed by atoms with Gasteiger partial charge in [-0.15, -0.1) is 6.42 Å². The van der Waals surface area contributed by atoms with Gasteiger partial charge in [0.1, 0.15) is 6.61 Å². The molecule has 14 heavy (non-hydrogen) atoms. The van der Waals surface area contributed by atoms with Gasteiger partial charge in [0.15, 0.2) is 0 Å². The van der Waals surface area contributed by atoms with Gasteiger partial charge in [0.05, 0.1) is 12.6 Å². The van der Waals surface area contributed by atoms with Crippen LogP contribution in [0.4, 0.5) is 0 Å². The van der Waals surface area contributed by atoms with Crippen LogP contribution in [0, 0.1) is 12.3 Å². The van der Waals surface area contributed by atoms with Crippen molar-refractivity contribution in [3.8, 4) is 12.3 Å². The Morgan fingerprint density at radius 1 is 1.71 bits per heavy atom. The Morgan fingerprint density at radius 3 is 2.93 bits per heavy atom. The van der Waals surface area contributed by atoms with Crippen LogP contribution in [0.1, 0.15) is 19.8 Å². The molecule has 0 aromatic rings. The fraction of sp³-hybridized carbons (Fsp3) is 0.700. The molecule has 1 atom stereocenters. The van der Waals surface area contributed by atoms with Crippen LogP contribution < -0.4 is 11.1 Å². The summed E-state index contributed by atoms with van der Waals surface area (Å²) in [6.07, 6.45) is 6.97. The van der Waals surface area contributed by atoms with Gasteiger partial charge in [-0.2, -0.15) is 0 Å². The molecule has 0 saturated carbocycles. The molecule has 0 aromatic carbocycles. The van der Waals surface area contributed by atoms with Crippen LogP contribution in [0.15, 0.2) is 0 Å². The summed E-state index contributed by atoms with van der Waals surface area (Å²) < 4.78 is 4.96. The van der Waals surface area contributed by atoms with Crippen molar-refractivity contribution in [3.63, 3.8) is 0 Å². The molecular formula is C10H18N2O2. The van der Waals surface area contributed by atoms with Gasteiger partial charge in [0.25, 0.3) is 0 Å². The summed E-state index contributed by atoms with van der Waals surface area (Å²) in [7, 11) is 0. The van der Waals surface area contributed by atoms with E-state index < -0.39 is 0 Å². The van der Waals surface area contributed by atoms with E-state index in [1.807, 2.05) is 6.92 Å². The molecule has 4 heteroatoms. The van der Waals surface area contributed by atoms with Crippen molar-refractivity contribution in [2.45, 2.75) is 25.8 Å². The van der Waals surface area contributed by atoms with Crippen molar-refractivity contribution in [1.29, 1.82) is 0 Å². The number of rotatable bonds is 7. The van der Waals surface area contributed by atoms with Crippen LogP contribution in [-0.2, 0) is 9.53 Å². The highest BCUT2D eigenvalue weighted by atomic mass is 16.5. The molecule has 80 valence electrons. The standard InChI is InChI=1S/C10H18N2O2/c1-3-5-9(4-2)12-10(13)8-14-7-6-11/h2,9H,3,5-8,11H2,1H3,(H,12,13). The van der Waals surface area contributed by atoms with Crippen LogP contribution in [-0.4, -0.2) is 31.7 Å². The largest absolute Gasteiger partial charge is 0.370 e. The molecular weight excluding hydrogens is 180 g/mol. The Bertz CT molecular complexity index is 199. The second-order valence-corrected chi connectivity index (χ2v) is 2.92. The Morgan fingerprint density at radius 2 is 2.43 bits per heavy atom. The van der Waals surface area contributed by atoms with E-state index in [0.29, 0.717) is 13.2 Å². The summed E-state index contributed by atoms with van der Waals surface area (Å²) in [4.78, 5) is 11.2. The Labute approximate surface area is 85.2 Å². The first-order valence-corrected chi connectivity index (χ1v) is 4.77. The first kappa shape index (κ1) is 12.9. The van der Waals surface area contributed by atoms with Gasteiger partial charge in [-0.25, -0.2) is 0 Å². The van der Waals surface area contributed by atoms with Gasteiger partial charge in [-0.3, -0.25) is 4.79 Å². The maximum absolute atomic E-state index is 11.2. The number of amides is 1. The molecule has 0 saturated heterocycles. The third-order valence-corrected chi connectivity index (χ3v) is 1.61. The number of hydrogen-bond acceptors (Lipinski definition) is 3. The minimum atomic E-state index is -0.186. The molecule has 0 rings (SSSR count). The molecule has 0 heterocycles. The minimum absolute atomic E-state index is 0.0269. The van der Waals surface area contributed by atoms with Gasteiger partial charge in [-0.1, -0.05) is 19.3 Å². The first-order valence-electron chi connectivity index (χ1n) is 4.77. The predicted octanol–water partition coefficient (Wildman–Crippen LogP) is -0.120. The summed E-state index contributed by atoms with van der Waals surface area (Å²) in [6.45, 7) is 2.85. The van der Waals surface area contributed by atoms with Crippen molar-refractivity contribution in [1.82, 2.24) is 5.32 Å². The second kappa shape index (κ2) is 8.54. The van der Waals surface area contributed by atoms with Crippen molar-refractivity contribution < 1.29 is 9.53 Å². The number of nitrogens with one attached hydrogen (secondary N) is 1. The Kier molecular flexibility index (Phi) is 7.90. The molecule has 0 aliphatic rings. The highest BCUT2D eigenvalue weighted by Crippen LogP contribution is 1.94. The third-order valence-electron chi connectivity index (χ3n) is 1.61. The fourth-order valence-electron chi connectivity index (χ4n) is 0.970.